The highest BCUT2D eigenvalue weighted by Gasteiger charge is 2.33. The molecule has 0 saturated heterocycles. The molecule has 0 aliphatic carbocycles. The molecule has 2 aromatic rings. The summed E-state index contributed by atoms with van der Waals surface area (Å²) in [6.07, 6.45) is -4.36. The average Bonchev–Trinajstić information content (AvgIpc) is 2.38. The molecule has 2 rings (SSSR count). The van der Waals surface area contributed by atoms with E-state index in [0.29, 0.717) is 12.1 Å². The zero-order valence-corrected chi connectivity index (χ0v) is 10.5. The van der Waals surface area contributed by atoms with Crippen molar-refractivity contribution in [2.45, 2.75) is 19.6 Å². The second-order valence-corrected chi connectivity index (χ2v) is 4.40. The van der Waals surface area contributed by atoms with Crippen molar-refractivity contribution in [3.05, 3.63) is 59.2 Å². The van der Waals surface area contributed by atoms with E-state index in [1.165, 1.54) is 12.1 Å². The number of halogens is 3. The quantitative estimate of drug-likeness (QED) is 0.867. The van der Waals surface area contributed by atoms with E-state index in [0.717, 1.165) is 17.2 Å². The maximum Gasteiger partial charge on any atom is 0.417 e. The lowest BCUT2D eigenvalue weighted by Crippen LogP contribution is -2.07. The molecule has 0 spiro atoms. The first-order valence-corrected chi connectivity index (χ1v) is 5.89. The molecule has 2 N–H and O–H groups in total. The molecule has 19 heavy (non-hydrogen) atoms. The van der Waals surface area contributed by atoms with Crippen LogP contribution in [0.2, 0.25) is 0 Å². The van der Waals surface area contributed by atoms with Gasteiger partial charge in [-0.15, -0.1) is 0 Å². The van der Waals surface area contributed by atoms with E-state index >= 15 is 0 Å². The number of rotatable bonds is 2. The summed E-state index contributed by atoms with van der Waals surface area (Å²) < 4.78 is 39.1. The molecule has 4 heteroatoms. The molecular weight excluding hydrogens is 251 g/mol. The van der Waals surface area contributed by atoms with Gasteiger partial charge in [0.15, 0.2) is 0 Å². The Bertz CT molecular complexity index is 588. The van der Waals surface area contributed by atoms with E-state index in [-0.39, 0.29) is 5.56 Å². The van der Waals surface area contributed by atoms with Crippen LogP contribution in [0.25, 0.3) is 11.1 Å². The smallest absolute Gasteiger partial charge is 0.326 e. The lowest BCUT2D eigenvalue weighted by atomic mass is 9.94. The summed E-state index contributed by atoms with van der Waals surface area (Å²) in [6.45, 7) is 2.10. The van der Waals surface area contributed by atoms with Gasteiger partial charge in [0.1, 0.15) is 0 Å². The minimum absolute atomic E-state index is 0.197. The fourth-order valence-corrected chi connectivity index (χ4v) is 2.05. The molecule has 2 aromatic carbocycles. The monoisotopic (exact) mass is 265 g/mol. The van der Waals surface area contributed by atoms with Crippen LogP contribution in [0, 0.1) is 6.92 Å². The summed E-state index contributed by atoms with van der Waals surface area (Å²) >= 11 is 0. The maximum absolute atomic E-state index is 13.0. The van der Waals surface area contributed by atoms with Crippen LogP contribution in [-0.4, -0.2) is 0 Å². The molecular formula is C15H14F3N. The third-order valence-electron chi connectivity index (χ3n) is 3.06. The highest BCUT2D eigenvalue weighted by molar-refractivity contribution is 5.71. The van der Waals surface area contributed by atoms with Crippen LogP contribution >= 0.6 is 0 Å². The summed E-state index contributed by atoms with van der Waals surface area (Å²) in [5, 5.41) is 0. The predicted octanol–water partition coefficient (Wildman–Crippen LogP) is 4.14. The third-order valence-corrected chi connectivity index (χ3v) is 3.06. The lowest BCUT2D eigenvalue weighted by molar-refractivity contribution is -0.137. The Balaban J connectivity index is 2.65. The van der Waals surface area contributed by atoms with Crippen molar-refractivity contribution in [1.82, 2.24) is 0 Å². The SMILES string of the molecule is Cc1ccc(CN)cc1-c1ccccc1C(F)(F)F. The first kappa shape index (κ1) is 13.6. The largest absolute Gasteiger partial charge is 0.417 e. The fraction of sp³-hybridized carbons (Fsp3) is 0.200. The van der Waals surface area contributed by atoms with Crippen LogP contribution in [0.4, 0.5) is 13.2 Å². The van der Waals surface area contributed by atoms with Crippen LogP contribution in [-0.2, 0) is 12.7 Å². The first-order chi connectivity index (χ1) is 8.93. The van der Waals surface area contributed by atoms with Gasteiger partial charge in [0.05, 0.1) is 5.56 Å². The van der Waals surface area contributed by atoms with Gasteiger partial charge in [-0.3, -0.25) is 0 Å². The summed E-state index contributed by atoms with van der Waals surface area (Å²) in [5.74, 6) is 0. The normalized spacial score (nSPS) is 11.6. The molecule has 0 aliphatic rings. The maximum atomic E-state index is 13.0. The van der Waals surface area contributed by atoms with Gasteiger partial charge in [0, 0.05) is 6.54 Å². The number of nitrogens with two attached hydrogens (primary N) is 1. The van der Waals surface area contributed by atoms with Crippen LogP contribution in [0.3, 0.4) is 0 Å². The zero-order chi connectivity index (χ0) is 14.0. The van der Waals surface area contributed by atoms with Crippen molar-refractivity contribution in [2.24, 2.45) is 5.73 Å². The highest BCUT2D eigenvalue weighted by atomic mass is 19.4. The lowest BCUT2D eigenvalue weighted by Gasteiger charge is -2.15. The Morgan fingerprint density at radius 2 is 1.68 bits per heavy atom. The van der Waals surface area contributed by atoms with E-state index in [1.54, 1.807) is 25.1 Å². The molecule has 0 amide bonds. The second-order valence-electron chi connectivity index (χ2n) is 4.40. The number of aryl methyl sites for hydroxylation is 1. The Morgan fingerprint density at radius 3 is 2.32 bits per heavy atom. The number of hydrogen-bond donors (Lipinski definition) is 1. The van der Waals surface area contributed by atoms with Crippen molar-refractivity contribution in [3.8, 4) is 11.1 Å². The van der Waals surface area contributed by atoms with Crippen LogP contribution < -0.4 is 5.73 Å². The van der Waals surface area contributed by atoms with Gasteiger partial charge in [0.25, 0.3) is 0 Å². The van der Waals surface area contributed by atoms with Gasteiger partial charge in [0.2, 0.25) is 0 Å². The van der Waals surface area contributed by atoms with E-state index in [1.807, 2.05) is 6.07 Å². The molecule has 0 bridgehead atoms. The van der Waals surface area contributed by atoms with Crippen molar-refractivity contribution < 1.29 is 13.2 Å². The first-order valence-electron chi connectivity index (χ1n) is 5.89. The van der Waals surface area contributed by atoms with Crippen LogP contribution in [0.15, 0.2) is 42.5 Å². The molecule has 0 unspecified atom stereocenters. The van der Waals surface area contributed by atoms with Crippen LogP contribution in [0.1, 0.15) is 16.7 Å². The number of benzene rings is 2. The molecule has 0 fully saturated rings. The van der Waals surface area contributed by atoms with E-state index in [4.69, 9.17) is 5.73 Å². The van der Waals surface area contributed by atoms with Crippen molar-refractivity contribution in [2.75, 3.05) is 0 Å². The Hall–Kier alpha value is -1.81. The summed E-state index contributed by atoms with van der Waals surface area (Å²) in [6, 6.07) is 10.9. The zero-order valence-electron chi connectivity index (χ0n) is 10.5. The molecule has 0 atom stereocenters. The molecule has 1 nitrogen and oxygen atoms in total. The Labute approximate surface area is 109 Å². The Kier molecular flexibility index (Phi) is 3.62. The van der Waals surface area contributed by atoms with Crippen molar-refractivity contribution in [1.29, 1.82) is 0 Å². The predicted molar refractivity (Wildman–Crippen MR) is 69.5 cm³/mol. The molecule has 0 heterocycles. The fourth-order valence-electron chi connectivity index (χ4n) is 2.05. The summed E-state index contributed by atoms with van der Waals surface area (Å²) in [5.41, 5.74) is 7.32. The number of alkyl halides is 3. The minimum Gasteiger partial charge on any atom is -0.326 e. The summed E-state index contributed by atoms with van der Waals surface area (Å²) in [7, 11) is 0. The molecule has 100 valence electrons. The standard InChI is InChI=1S/C15H14F3N/c1-10-6-7-11(9-19)8-13(10)12-4-2-3-5-14(12)15(16,17)18/h2-8H,9,19H2,1H3. The summed E-state index contributed by atoms with van der Waals surface area (Å²) in [4.78, 5) is 0. The van der Waals surface area contributed by atoms with Gasteiger partial charge >= 0.3 is 6.18 Å². The second kappa shape index (κ2) is 5.05. The average molecular weight is 265 g/mol. The molecule has 0 aromatic heterocycles. The van der Waals surface area contributed by atoms with E-state index < -0.39 is 11.7 Å². The third kappa shape index (κ3) is 2.79. The Morgan fingerprint density at radius 1 is 1.00 bits per heavy atom. The van der Waals surface area contributed by atoms with E-state index in [9.17, 15) is 13.2 Å². The molecule has 0 radical (unpaired) electrons. The minimum atomic E-state index is -4.36. The van der Waals surface area contributed by atoms with Gasteiger partial charge < -0.3 is 5.73 Å². The van der Waals surface area contributed by atoms with Crippen molar-refractivity contribution in [3.63, 3.8) is 0 Å². The highest BCUT2D eigenvalue weighted by Crippen LogP contribution is 2.38. The van der Waals surface area contributed by atoms with Gasteiger partial charge in [-0.25, -0.2) is 0 Å². The van der Waals surface area contributed by atoms with Gasteiger partial charge in [-0.1, -0.05) is 30.3 Å². The molecule has 0 saturated carbocycles. The van der Waals surface area contributed by atoms with Gasteiger partial charge in [-0.05, 0) is 41.3 Å². The van der Waals surface area contributed by atoms with E-state index in [2.05, 4.69) is 0 Å². The number of hydrogen-bond acceptors (Lipinski definition) is 1. The van der Waals surface area contributed by atoms with Crippen LogP contribution in [0.5, 0.6) is 0 Å². The topological polar surface area (TPSA) is 26.0 Å². The molecule has 0 aliphatic heterocycles. The van der Waals surface area contributed by atoms with Crippen molar-refractivity contribution >= 4 is 0 Å². The van der Waals surface area contributed by atoms with Gasteiger partial charge in [-0.2, -0.15) is 13.2 Å².